The SMILES string of the molecule is CS(=O)(=O)Nc1cccc(NCc2cnc(Cl)s2)c1. The van der Waals surface area contributed by atoms with Crippen LogP contribution < -0.4 is 10.0 Å². The van der Waals surface area contributed by atoms with Crippen molar-refractivity contribution in [2.24, 2.45) is 0 Å². The Labute approximate surface area is 120 Å². The molecule has 0 atom stereocenters. The molecule has 0 aliphatic rings. The van der Waals surface area contributed by atoms with Crippen molar-refractivity contribution in [1.82, 2.24) is 4.98 Å². The number of rotatable bonds is 5. The lowest BCUT2D eigenvalue weighted by Crippen LogP contribution is -2.09. The number of thiazole rings is 1. The van der Waals surface area contributed by atoms with Gasteiger partial charge in [0.1, 0.15) is 0 Å². The molecule has 0 radical (unpaired) electrons. The van der Waals surface area contributed by atoms with Gasteiger partial charge < -0.3 is 5.32 Å². The van der Waals surface area contributed by atoms with Gasteiger partial charge in [-0.05, 0) is 18.2 Å². The first-order valence-corrected chi connectivity index (χ1v) is 8.43. The molecule has 0 saturated carbocycles. The highest BCUT2D eigenvalue weighted by atomic mass is 35.5. The Morgan fingerprint density at radius 3 is 2.74 bits per heavy atom. The first kappa shape index (κ1) is 14.1. The van der Waals surface area contributed by atoms with Crippen molar-refractivity contribution in [1.29, 1.82) is 0 Å². The highest BCUT2D eigenvalue weighted by Gasteiger charge is 2.03. The number of anilines is 2. The summed E-state index contributed by atoms with van der Waals surface area (Å²) in [4.78, 5) is 4.95. The number of hydrogen-bond donors (Lipinski definition) is 2. The summed E-state index contributed by atoms with van der Waals surface area (Å²) in [7, 11) is -3.26. The highest BCUT2D eigenvalue weighted by molar-refractivity contribution is 7.92. The zero-order valence-corrected chi connectivity index (χ0v) is 12.4. The number of nitrogens with zero attached hydrogens (tertiary/aromatic N) is 1. The smallest absolute Gasteiger partial charge is 0.229 e. The standard InChI is InChI=1S/C11H12ClN3O2S2/c1-19(16,17)15-9-4-2-3-8(5-9)13-6-10-7-14-11(12)18-10/h2-5,7,13,15H,6H2,1H3. The maximum atomic E-state index is 11.1. The number of benzene rings is 1. The van der Waals surface area contributed by atoms with Gasteiger partial charge in [-0.15, -0.1) is 11.3 Å². The topological polar surface area (TPSA) is 71.1 Å². The third kappa shape index (κ3) is 4.70. The number of sulfonamides is 1. The van der Waals surface area contributed by atoms with Crippen LogP contribution in [0.1, 0.15) is 4.88 Å². The summed E-state index contributed by atoms with van der Waals surface area (Å²) in [5.41, 5.74) is 1.34. The summed E-state index contributed by atoms with van der Waals surface area (Å²) in [6.45, 7) is 0.590. The first-order chi connectivity index (χ1) is 8.92. The molecule has 1 aromatic carbocycles. The minimum Gasteiger partial charge on any atom is -0.380 e. The van der Waals surface area contributed by atoms with Crippen LogP contribution >= 0.6 is 22.9 Å². The Kier molecular flexibility index (Phi) is 4.28. The molecule has 0 unspecified atom stereocenters. The Morgan fingerprint density at radius 1 is 1.37 bits per heavy atom. The summed E-state index contributed by atoms with van der Waals surface area (Å²) in [5.74, 6) is 0. The van der Waals surface area contributed by atoms with Gasteiger partial charge in [-0.1, -0.05) is 17.7 Å². The zero-order valence-electron chi connectivity index (χ0n) is 10.1. The molecule has 0 amide bonds. The van der Waals surface area contributed by atoms with Crippen LogP contribution in [0.15, 0.2) is 30.5 Å². The molecule has 0 spiro atoms. The molecule has 19 heavy (non-hydrogen) atoms. The van der Waals surface area contributed by atoms with Crippen LogP contribution in [0.5, 0.6) is 0 Å². The molecule has 102 valence electrons. The van der Waals surface area contributed by atoms with E-state index in [9.17, 15) is 8.42 Å². The Morgan fingerprint density at radius 2 is 2.11 bits per heavy atom. The fourth-order valence-electron chi connectivity index (χ4n) is 1.46. The van der Waals surface area contributed by atoms with Crippen LogP contribution in [0, 0.1) is 0 Å². The molecule has 1 aromatic heterocycles. The van der Waals surface area contributed by atoms with E-state index in [1.54, 1.807) is 24.4 Å². The molecule has 0 aliphatic carbocycles. The number of hydrogen-bond acceptors (Lipinski definition) is 5. The average molecular weight is 318 g/mol. The van der Waals surface area contributed by atoms with Crippen LogP contribution in [0.25, 0.3) is 0 Å². The molecular formula is C11H12ClN3O2S2. The van der Waals surface area contributed by atoms with Gasteiger partial charge in [0.2, 0.25) is 10.0 Å². The van der Waals surface area contributed by atoms with Crippen molar-refractivity contribution in [2.75, 3.05) is 16.3 Å². The molecule has 0 fully saturated rings. The third-order valence-corrected chi connectivity index (χ3v) is 3.88. The van der Waals surface area contributed by atoms with Crippen molar-refractivity contribution in [3.8, 4) is 0 Å². The van der Waals surface area contributed by atoms with Gasteiger partial charge in [0.05, 0.1) is 18.5 Å². The highest BCUT2D eigenvalue weighted by Crippen LogP contribution is 2.20. The largest absolute Gasteiger partial charge is 0.380 e. The van der Waals surface area contributed by atoms with Crippen LogP contribution in [0.3, 0.4) is 0 Å². The predicted octanol–water partition coefficient (Wildman–Crippen LogP) is 2.78. The van der Waals surface area contributed by atoms with Crippen LogP contribution in [0.2, 0.25) is 4.47 Å². The maximum Gasteiger partial charge on any atom is 0.229 e. The lowest BCUT2D eigenvalue weighted by Gasteiger charge is -2.08. The Bertz CT molecular complexity index is 670. The monoisotopic (exact) mass is 317 g/mol. The van der Waals surface area contributed by atoms with Crippen molar-refractivity contribution < 1.29 is 8.42 Å². The second-order valence-electron chi connectivity index (χ2n) is 3.89. The van der Waals surface area contributed by atoms with Crippen molar-refractivity contribution in [3.05, 3.63) is 39.8 Å². The molecule has 0 bridgehead atoms. The number of aromatic nitrogens is 1. The maximum absolute atomic E-state index is 11.1. The molecular weight excluding hydrogens is 306 g/mol. The van der Waals surface area contributed by atoms with E-state index in [0.29, 0.717) is 16.7 Å². The molecule has 2 aromatic rings. The van der Waals surface area contributed by atoms with Crippen molar-refractivity contribution in [2.45, 2.75) is 6.54 Å². The van der Waals surface area contributed by atoms with Crippen LogP contribution in [-0.4, -0.2) is 19.7 Å². The number of halogens is 1. The summed E-state index contributed by atoms with van der Waals surface area (Å²) in [6.07, 6.45) is 2.82. The molecule has 0 aliphatic heterocycles. The quantitative estimate of drug-likeness (QED) is 0.889. The van der Waals surface area contributed by atoms with Crippen LogP contribution in [-0.2, 0) is 16.6 Å². The fourth-order valence-corrected chi connectivity index (χ4v) is 2.93. The molecule has 0 saturated heterocycles. The summed E-state index contributed by atoms with van der Waals surface area (Å²) in [5, 5.41) is 3.18. The van der Waals surface area contributed by atoms with Crippen LogP contribution in [0.4, 0.5) is 11.4 Å². The summed E-state index contributed by atoms with van der Waals surface area (Å²) >= 11 is 7.14. The zero-order chi connectivity index (χ0) is 13.9. The first-order valence-electron chi connectivity index (χ1n) is 5.34. The molecule has 2 rings (SSSR count). The van der Waals surface area contributed by atoms with Gasteiger partial charge in [0.15, 0.2) is 4.47 Å². The lowest BCUT2D eigenvalue weighted by atomic mass is 10.3. The van der Waals surface area contributed by atoms with Gasteiger partial charge in [0.25, 0.3) is 0 Å². The van der Waals surface area contributed by atoms with E-state index in [4.69, 9.17) is 11.6 Å². The number of nitrogens with one attached hydrogen (secondary N) is 2. The Balaban J connectivity index is 2.03. The molecule has 1 heterocycles. The van der Waals surface area contributed by atoms with E-state index in [1.807, 2.05) is 6.07 Å². The molecule has 5 nitrogen and oxygen atoms in total. The van der Waals surface area contributed by atoms with Gasteiger partial charge in [-0.2, -0.15) is 0 Å². The fraction of sp³-hybridized carbons (Fsp3) is 0.182. The van der Waals surface area contributed by atoms with Gasteiger partial charge in [-0.25, -0.2) is 13.4 Å². The summed E-state index contributed by atoms with van der Waals surface area (Å²) in [6, 6.07) is 7.05. The lowest BCUT2D eigenvalue weighted by molar-refractivity contribution is 0.607. The summed E-state index contributed by atoms with van der Waals surface area (Å²) < 4.78 is 25.2. The van der Waals surface area contributed by atoms with Gasteiger partial charge in [-0.3, -0.25) is 4.72 Å². The molecule has 8 heteroatoms. The van der Waals surface area contributed by atoms with E-state index in [2.05, 4.69) is 15.0 Å². The van der Waals surface area contributed by atoms with E-state index in [0.717, 1.165) is 16.8 Å². The second-order valence-corrected chi connectivity index (χ2v) is 7.33. The Hall–Kier alpha value is -1.31. The second kappa shape index (κ2) is 5.77. The van der Waals surface area contributed by atoms with Crippen molar-refractivity contribution in [3.63, 3.8) is 0 Å². The minimum atomic E-state index is -3.26. The minimum absolute atomic E-state index is 0.504. The van der Waals surface area contributed by atoms with Gasteiger partial charge >= 0.3 is 0 Å². The normalized spacial score (nSPS) is 11.3. The predicted molar refractivity (Wildman–Crippen MR) is 79.4 cm³/mol. The van der Waals surface area contributed by atoms with E-state index in [-0.39, 0.29) is 0 Å². The van der Waals surface area contributed by atoms with E-state index < -0.39 is 10.0 Å². The van der Waals surface area contributed by atoms with Gasteiger partial charge in [0, 0.05) is 16.8 Å². The van der Waals surface area contributed by atoms with E-state index in [1.165, 1.54) is 11.3 Å². The average Bonchev–Trinajstić information content (AvgIpc) is 2.71. The van der Waals surface area contributed by atoms with E-state index >= 15 is 0 Å². The molecule has 2 N–H and O–H groups in total. The third-order valence-electron chi connectivity index (χ3n) is 2.16. The van der Waals surface area contributed by atoms with Crippen molar-refractivity contribution >= 4 is 44.3 Å².